The molecule has 1 saturated heterocycles. The maximum absolute atomic E-state index is 12.6. The number of carbonyl (C=O) groups excluding carboxylic acids is 2. The summed E-state index contributed by atoms with van der Waals surface area (Å²) in [6.07, 6.45) is 3.92. The number of morpholine rings is 1. The molecule has 6 heteroatoms. The molecule has 0 unspecified atom stereocenters. The van der Waals surface area contributed by atoms with E-state index >= 15 is 0 Å². The summed E-state index contributed by atoms with van der Waals surface area (Å²) in [4.78, 5) is 31.2. The largest absolute Gasteiger partial charge is 0.464 e. The topological polar surface area (TPSA) is 72.1 Å². The predicted molar refractivity (Wildman–Crippen MR) is 97.1 cm³/mol. The SMILES string of the molecule is O=C1C=C(N2CCOCC2)N=C(CC(=O)Cc2cccc3occc23)C1. The van der Waals surface area contributed by atoms with E-state index in [2.05, 4.69) is 4.99 Å². The maximum atomic E-state index is 12.6. The smallest absolute Gasteiger partial charge is 0.164 e. The van der Waals surface area contributed by atoms with E-state index in [0.717, 1.165) is 16.5 Å². The quantitative estimate of drug-likeness (QED) is 0.827. The highest BCUT2D eigenvalue weighted by Gasteiger charge is 2.21. The van der Waals surface area contributed by atoms with Crippen LogP contribution in [0.3, 0.4) is 0 Å². The summed E-state index contributed by atoms with van der Waals surface area (Å²) in [6, 6.07) is 7.57. The number of allylic oxidation sites excluding steroid dienone is 1. The summed E-state index contributed by atoms with van der Waals surface area (Å²) in [5.41, 5.74) is 2.36. The van der Waals surface area contributed by atoms with Crippen LogP contribution >= 0.6 is 0 Å². The van der Waals surface area contributed by atoms with Crippen LogP contribution in [-0.2, 0) is 20.7 Å². The molecule has 0 N–H and O–H groups in total. The molecule has 6 nitrogen and oxygen atoms in total. The van der Waals surface area contributed by atoms with Crippen molar-refractivity contribution in [2.75, 3.05) is 26.3 Å². The Balaban J connectivity index is 1.46. The normalized spacial score (nSPS) is 18.0. The van der Waals surface area contributed by atoms with Gasteiger partial charge in [-0.3, -0.25) is 9.59 Å². The van der Waals surface area contributed by atoms with E-state index in [1.807, 2.05) is 29.2 Å². The summed E-state index contributed by atoms with van der Waals surface area (Å²) in [5, 5.41) is 0.955. The van der Waals surface area contributed by atoms with Gasteiger partial charge < -0.3 is 14.1 Å². The third-order valence-electron chi connectivity index (χ3n) is 4.65. The van der Waals surface area contributed by atoms with Crippen LogP contribution in [0.2, 0.25) is 0 Å². The first-order chi connectivity index (χ1) is 12.7. The van der Waals surface area contributed by atoms with Crippen LogP contribution in [0.5, 0.6) is 0 Å². The molecule has 0 amide bonds. The number of hydrogen-bond acceptors (Lipinski definition) is 6. The number of ether oxygens (including phenoxy) is 1. The van der Waals surface area contributed by atoms with Gasteiger partial charge >= 0.3 is 0 Å². The lowest BCUT2D eigenvalue weighted by atomic mass is 9.99. The van der Waals surface area contributed by atoms with Crippen molar-refractivity contribution in [3.8, 4) is 0 Å². The van der Waals surface area contributed by atoms with Gasteiger partial charge in [0.05, 0.1) is 19.5 Å². The highest BCUT2D eigenvalue weighted by Crippen LogP contribution is 2.22. The molecule has 3 heterocycles. The van der Waals surface area contributed by atoms with Gasteiger partial charge in [0.2, 0.25) is 0 Å². The van der Waals surface area contributed by atoms with Gasteiger partial charge in [0.15, 0.2) is 5.78 Å². The number of hydrogen-bond donors (Lipinski definition) is 0. The Hall–Kier alpha value is -2.73. The fourth-order valence-electron chi connectivity index (χ4n) is 3.40. The molecule has 0 radical (unpaired) electrons. The van der Waals surface area contributed by atoms with E-state index in [4.69, 9.17) is 9.15 Å². The van der Waals surface area contributed by atoms with Crippen molar-refractivity contribution in [1.29, 1.82) is 0 Å². The molecular weight excluding hydrogens is 332 g/mol. The van der Waals surface area contributed by atoms with E-state index < -0.39 is 0 Å². The summed E-state index contributed by atoms with van der Waals surface area (Å²) >= 11 is 0. The standard InChI is InChI=1S/C20H20N2O4/c23-16(10-14-2-1-3-19-18(14)4-7-26-19)11-15-12-17(24)13-20(21-15)22-5-8-25-9-6-22/h1-4,7,13H,5-6,8-12H2. The van der Waals surface area contributed by atoms with E-state index in [-0.39, 0.29) is 24.4 Å². The average molecular weight is 352 g/mol. The van der Waals surface area contributed by atoms with E-state index in [1.54, 1.807) is 12.3 Å². The number of carbonyl (C=O) groups is 2. The summed E-state index contributed by atoms with van der Waals surface area (Å²) < 4.78 is 10.7. The molecule has 1 fully saturated rings. The Bertz CT molecular complexity index is 903. The first kappa shape index (κ1) is 16.7. The number of benzene rings is 1. The second-order valence-corrected chi connectivity index (χ2v) is 6.56. The molecule has 0 aliphatic carbocycles. The van der Waals surface area contributed by atoms with Gasteiger partial charge in [-0.25, -0.2) is 4.99 Å². The number of fused-ring (bicyclic) bond motifs is 1. The van der Waals surface area contributed by atoms with Crippen LogP contribution in [0.4, 0.5) is 0 Å². The Morgan fingerprint density at radius 2 is 2.00 bits per heavy atom. The van der Waals surface area contributed by atoms with Crippen LogP contribution in [0.1, 0.15) is 18.4 Å². The second-order valence-electron chi connectivity index (χ2n) is 6.56. The summed E-state index contributed by atoms with van der Waals surface area (Å²) in [7, 11) is 0. The van der Waals surface area contributed by atoms with Crippen LogP contribution in [0.25, 0.3) is 11.0 Å². The van der Waals surface area contributed by atoms with Crippen LogP contribution in [-0.4, -0.2) is 48.5 Å². The first-order valence-corrected chi connectivity index (χ1v) is 8.79. The Morgan fingerprint density at radius 3 is 2.85 bits per heavy atom. The molecule has 4 rings (SSSR count). The van der Waals surface area contributed by atoms with Gasteiger partial charge in [-0.2, -0.15) is 0 Å². The van der Waals surface area contributed by atoms with Crippen molar-refractivity contribution in [2.45, 2.75) is 19.3 Å². The molecule has 2 aliphatic rings. The van der Waals surface area contributed by atoms with Gasteiger partial charge in [0, 0.05) is 49.5 Å². The lowest BCUT2D eigenvalue weighted by molar-refractivity contribution is -0.117. The number of furan rings is 1. The third kappa shape index (κ3) is 3.60. The Kier molecular flexibility index (Phi) is 4.67. The molecule has 2 aromatic rings. The monoisotopic (exact) mass is 352 g/mol. The van der Waals surface area contributed by atoms with Crippen molar-refractivity contribution >= 4 is 28.2 Å². The van der Waals surface area contributed by atoms with Crippen molar-refractivity contribution < 1.29 is 18.7 Å². The fraction of sp³-hybridized carbons (Fsp3) is 0.350. The van der Waals surface area contributed by atoms with Crippen LogP contribution < -0.4 is 0 Å². The number of aliphatic imine (C=N–C) groups is 1. The zero-order valence-electron chi connectivity index (χ0n) is 14.4. The summed E-state index contributed by atoms with van der Waals surface area (Å²) in [6.45, 7) is 2.69. The molecule has 1 aromatic carbocycles. The number of ketones is 2. The fourth-order valence-corrected chi connectivity index (χ4v) is 3.40. The Morgan fingerprint density at radius 1 is 1.15 bits per heavy atom. The number of Topliss-reactive ketones (excluding diaryl/α,β-unsaturated/α-hetero) is 1. The molecule has 0 spiro atoms. The molecular formula is C20H20N2O4. The van der Waals surface area contributed by atoms with E-state index in [9.17, 15) is 9.59 Å². The molecule has 2 aliphatic heterocycles. The summed E-state index contributed by atoms with van der Waals surface area (Å²) in [5.74, 6) is 0.707. The lowest BCUT2D eigenvalue weighted by Crippen LogP contribution is -2.36. The van der Waals surface area contributed by atoms with Crippen LogP contribution in [0.15, 0.2) is 51.8 Å². The minimum Gasteiger partial charge on any atom is -0.464 e. The van der Waals surface area contributed by atoms with Gasteiger partial charge in [0.25, 0.3) is 0 Å². The van der Waals surface area contributed by atoms with Gasteiger partial charge in [-0.1, -0.05) is 12.1 Å². The maximum Gasteiger partial charge on any atom is 0.164 e. The van der Waals surface area contributed by atoms with Gasteiger partial charge in [-0.15, -0.1) is 0 Å². The minimum atomic E-state index is 0.00114. The van der Waals surface area contributed by atoms with Gasteiger partial charge in [-0.05, 0) is 17.7 Å². The molecule has 0 saturated carbocycles. The van der Waals surface area contributed by atoms with Gasteiger partial charge in [0.1, 0.15) is 17.2 Å². The van der Waals surface area contributed by atoms with Crippen molar-refractivity contribution in [3.63, 3.8) is 0 Å². The molecule has 1 aromatic heterocycles. The van der Waals surface area contributed by atoms with Crippen molar-refractivity contribution in [3.05, 3.63) is 48.0 Å². The molecule has 26 heavy (non-hydrogen) atoms. The molecule has 0 atom stereocenters. The minimum absolute atomic E-state index is 0.00114. The van der Waals surface area contributed by atoms with E-state index in [1.165, 1.54) is 0 Å². The Labute approximate surface area is 151 Å². The first-order valence-electron chi connectivity index (χ1n) is 8.79. The highest BCUT2D eigenvalue weighted by molar-refractivity contribution is 6.14. The highest BCUT2D eigenvalue weighted by atomic mass is 16.5. The second kappa shape index (κ2) is 7.25. The molecule has 0 bridgehead atoms. The third-order valence-corrected chi connectivity index (χ3v) is 4.65. The predicted octanol–water partition coefficient (Wildman–Crippen LogP) is 2.52. The number of nitrogens with zero attached hydrogens (tertiary/aromatic N) is 2. The van der Waals surface area contributed by atoms with Crippen molar-refractivity contribution in [2.24, 2.45) is 4.99 Å². The molecule has 134 valence electrons. The lowest BCUT2D eigenvalue weighted by Gasteiger charge is -2.30. The zero-order chi connectivity index (χ0) is 17.9. The van der Waals surface area contributed by atoms with E-state index in [0.29, 0.717) is 44.3 Å². The average Bonchev–Trinajstić information content (AvgIpc) is 3.12. The number of rotatable bonds is 5. The van der Waals surface area contributed by atoms with Crippen LogP contribution in [0, 0.1) is 0 Å². The zero-order valence-corrected chi connectivity index (χ0v) is 14.4. The van der Waals surface area contributed by atoms with Crippen molar-refractivity contribution in [1.82, 2.24) is 4.90 Å².